The summed E-state index contributed by atoms with van der Waals surface area (Å²) >= 11 is 1.45. The van der Waals surface area contributed by atoms with Gasteiger partial charge in [0, 0.05) is 6.61 Å². The second-order valence-corrected chi connectivity index (χ2v) is 10.4. The van der Waals surface area contributed by atoms with Crippen LogP contribution in [0.3, 0.4) is 0 Å². The fraction of sp³-hybridized carbons (Fsp3) is 0.833. The van der Waals surface area contributed by atoms with Crippen LogP contribution in [0.4, 0.5) is 0 Å². The van der Waals surface area contributed by atoms with Gasteiger partial charge in [-0.15, -0.1) is 11.8 Å². The highest BCUT2D eigenvalue weighted by Gasteiger charge is 2.40. The Bertz CT molecular complexity index is 510. The first-order valence-electron chi connectivity index (χ1n) is 9.84. The zero-order chi connectivity index (χ0) is 20.0. The van der Waals surface area contributed by atoms with Gasteiger partial charge in [0.15, 0.2) is 5.29 Å². The predicted molar refractivity (Wildman–Crippen MR) is 113 cm³/mol. The fourth-order valence-corrected chi connectivity index (χ4v) is 7.17. The minimum atomic E-state index is -3.48. The molecule has 1 atom stereocenters. The van der Waals surface area contributed by atoms with Gasteiger partial charge < -0.3 is 18.7 Å². The second-order valence-electron chi connectivity index (χ2n) is 6.19. The molecule has 6 nitrogen and oxygen atoms in total. The van der Waals surface area contributed by atoms with Crippen LogP contribution < -0.4 is 4.89 Å². The summed E-state index contributed by atoms with van der Waals surface area (Å²) in [5.41, 5.74) is 0. The first kappa shape index (κ1) is 25.3. The Balaban J connectivity index is 2.73. The monoisotopic (exact) mass is 440 g/mol. The average molecular weight is 440 g/mol. The normalized spacial score (nSPS) is 16.7. The van der Waals surface area contributed by atoms with E-state index in [0.29, 0.717) is 42.8 Å². The second kappa shape index (κ2) is 15.2. The summed E-state index contributed by atoms with van der Waals surface area (Å²) in [6.07, 6.45) is 5.55. The van der Waals surface area contributed by atoms with E-state index in [4.69, 9.17) is 18.3 Å². The Morgan fingerprint density at radius 2 is 1.59 bits per heavy atom. The number of allylic oxidation sites excluding steroid dienone is 1. The van der Waals surface area contributed by atoms with Crippen molar-refractivity contribution in [3.05, 3.63) is 10.7 Å². The summed E-state index contributed by atoms with van der Waals surface area (Å²) in [5.74, 6) is 0.486. The van der Waals surface area contributed by atoms with Crippen LogP contribution in [0.1, 0.15) is 59.3 Å². The van der Waals surface area contributed by atoms with Crippen molar-refractivity contribution in [2.24, 2.45) is 0 Å². The van der Waals surface area contributed by atoms with Crippen molar-refractivity contribution < 1.29 is 27.8 Å². The van der Waals surface area contributed by atoms with Crippen LogP contribution >= 0.6 is 27.4 Å². The molecular weight excluding hydrogens is 406 g/mol. The van der Waals surface area contributed by atoms with Crippen LogP contribution in [0, 0.1) is 0 Å². The Morgan fingerprint density at radius 1 is 1.00 bits per heavy atom. The van der Waals surface area contributed by atoms with Gasteiger partial charge in [0.2, 0.25) is 8.00 Å². The summed E-state index contributed by atoms with van der Waals surface area (Å²) in [7, 11) is -5.56. The average Bonchev–Trinajstić information content (AvgIpc) is 3.16. The fourth-order valence-electron chi connectivity index (χ4n) is 2.15. The highest BCUT2D eigenvalue weighted by molar-refractivity contribution is 8.04. The van der Waals surface area contributed by atoms with E-state index < -0.39 is 15.6 Å². The molecule has 0 N–H and O–H groups in total. The molecule has 0 saturated heterocycles. The Labute approximate surface area is 169 Å². The molecule has 1 unspecified atom stereocenters. The molecule has 27 heavy (non-hydrogen) atoms. The number of ether oxygens (including phenoxy) is 1. The molecule has 0 spiro atoms. The molecule has 1 aliphatic rings. The molecule has 1 rings (SSSR count). The lowest BCUT2D eigenvalue weighted by atomic mass is 10.4. The lowest BCUT2D eigenvalue weighted by Crippen LogP contribution is -2.13. The third-order valence-electron chi connectivity index (χ3n) is 3.82. The Hall–Kier alpha value is 0.290. The van der Waals surface area contributed by atoms with Crippen LogP contribution in [0.5, 0.6) is 0 Å². The third kappa shape index (κ3) is 9.56. The Kier molecular flexibility index (Phi) is 14.2. The highest BCUT2D eigenvalue weighted by atomic mass is 32.2. The van der Waals surface area contributed by atoms with Crippen LogP contribution in [-0.2, 0) is 22.9 Å². The number of rotatable bonds is 16. The molecule has 158 valence electrons. The number of unbranched alkanes of at least 4 members (excludes halogenated alkanes) is 3. The van der Waals surface area contributed by atoms with Crippen molar-refractivity contribution in [2.45, 2.75) is 59.3 Å². The standard InChI is InChI=1S/C18H34O6P2S/c1-4-7-10-21-13-14-22-25(19)17-15-27-16-18(17)26(20,23-11-8-5-2)24-12-9-6-3/h16H,4-15H2,1-3H3. The van der Waals surface area contributed by atoms with Crippen LogP contribution in [0.15, 0.2) is 10.7 Å². The van der Waals surface area contributed by atoms with E-state index in [1.54, 1.807) is 5.41 Å². The predicted octanol–water partition coefficient (Wildman–Crippen LogP) is 5.08. The molecule has 0 radical (unpaired) electrons. The zero-order valence-corrected chi connectivity index (χ0v) is 19.4. The minimum Gasteiger partial charge on any atom is -0.603 e. The summed E-state index contributed by atoms with van der Waals surface area (Å²) in [6.45, 7) is 8.23. The molecule has 0 aromatic rings. The van der Waals surface area contributed by atoms with Gasteiger partial charge in [-0.1, -0.05) is 40.0 Å². The van der Waals surface area contributed by atoms with Crippen LogP contribution in [0.2, 0.25) is 0 Å². The van der Waals surface area contributed by atoms with Gasteiger partial charge >= 0.3 is 7.60 Å². The van der Waals surface area contributed by atoms with Crippen molar-refractivity contribution in [3.8, 4) is 0 Å². The van der Waals surface area contributed by atoms with E-state index in [-0.39, 0.29) is 6.61 Å². The SMILES string of the molecule is CCCCOCCO[P+]([O-])=C1CSC=C1P(=O)(OCCCC)OCCCC. The number of thioether (sulfide) groups is 1. The summed E-state index contributed by atoms with van der Waals surface area (Å²) in [5, 5.41) is 2.70. The van der Waals surface area contributed by atoms with E-state index >= 15 is 0 Å². The van der Waals surface area contributed by atoms with Gasteiger partial charge in [-0.2, -0.15) is 4.52 Å². The first-order chi connectivity index (χ1) is 13.1. The summed E-state index contributed by atoms with van der Waals surface area (Å²) in [4.78, 5) is 12.6. The molecule has 0 aromatic heterocycles. The highest BCUT2D eigenvalue weighted by Crippen LogP contribution is 2.60. The molecule has 0 aromatic carbocycles. The molecular formula is C18H34O6P2S. The third-order valence-corrected chi connectivity index (χ3v) is 8.54. The van der Waals surface area contributed by atoms with E-state index in [1.165, 1.54) is 11.8 Å². The lowest BCUT2D eigenvalue weighted by Gasteiger charge is -2.19. The summed E-state index contributed by atoms with van der Waals surface area (Å²) in [6, 6.07) is 0. The maximum atomic E-state index is 13.4. The minimum absolute atomic E-state index is 0.248. The molecule has 0 amide bonds. The van der Waals surface area contributed by atoms with E-state index in [9.17, 15) is 9.46 Å². The van der Waals surface area contributed by atoms with Gasteiger partial charge in [0.1, 0.15) is 11.9 Å². The van der Waals surface area contributed by atoms with Crippen molar-refractivity contribution in [2.75, 3.05) is 38.8 Å². The van der Waals surface area contributed by atoms with Gasteiger partial charge in [-0.05, 0) is 24.7 Å². The van der Waals surface area contributed by atoms with Crippen molar-refractivity contribution in [3.63, 3.8) is 0 Å². The van der Waals surface area contributed by atoms with Crippen molar-refractivity contribution in [1.29, 1.82) is 0 Å². The first-order valence-corrected chi connectivity index (χ1v) is 13.6. The lowest BCUT2D eigenvalue weighted by molar-refractivity contribution is -0.173. The maximum absolute atomic E-state index is 13.4. The smallest absolute Gasteiger partial charge is 0.366 e. The van der Waals surface area contributed by atoms with E-state index in [0.717, 1.165) is 38.5 Å². The van der Waals surface area contributed by atoms with E-state index in [1.807, 2.05) is 13.8 Å². The quantitative estimate of drug-likeness (QED) is 0.245. The van der Waals surface area contributed by atoms with Gasteiger partial charge in [-0.25, -0.2) is 0 Å². The molecule has 1 aliphatic heterocycles. The molecule has 0 bridgehead atoms. The topological polar surface area (TPSA) is 77.0 Å². The van der Waals surface area contributed by atoms with Crippen LogP contribution in [0.25, 0.3) is 0 Å². The zero-order valence-electron chi connectivity index (χ0n) is 16.8. The van der Waals surface area contributed by atoms with Crippen LogP contribution in [-0.4, -0.2) is 44.1 Å². The Morgan fingerprint density at radius 3 is 2.19 bits per heavy atom. The van der Waals surface area contributed by atoms with Crippen molar-refractivity contribution in [1.82, 2.24) is 0 Å². The molecule has 0 saturated carbocycles. The molecule has 1 heterocycles. The molecule has 0 aliphatic carbocycles. The summed E-state index contributed by atoms with van der Waals surface area (Å²) < 4.78 is 35.6. The molecule has 9 heteroatoms. The largest absolute Gasteiger partial charge is 0.603 e. The molecule has 0 fully saturated rings. The number of hydrogen-bond donors (Lipinski definition) is 0. The van der Waals surface area contributed by atoms with Gasteiger partial charge in [0.25, 0.3) is 0 Å². The van der Waals surface area contributed by atoms with E-state index in [2.05, 4.69) is 6.92 Å². The maximum Gasteiger partial charge on any atom is 0.366 e. The number of hydrogen-bond acceptors (Lipinski definition) is 7. The van der Waals surface area contributed by atoms with Gasteiger partial charge in [0.05, 0.1) is 25.6 Å². The van der Waals surface area contributed by atoms with Gasteiger partial charge in [-0.3, -0.25) is 4.57 Å². The van der Waals surface area contributed by atoms with Crippen molar-refractivity contribution >= 4 is 32.7 Å².